The van der Waals surface area contributed by atoms with E-state index >= 15 is 0 Å². The van der Waals surface area contributed by atoms with Crippen molar-refractivity contribution in [2.75, 3.05) is 5.73 Å². The minimum Gasteiger partial charge on any atom is -0.488 e. The minimum atomic E-state index is -0.221. The topological polar surface area (TPSA) is 65.4 Å². The summed E-state index contributed by atoms with van der Waals surface area (Å²) in [5, 5.41) is 4.28. The SMILES string of the molecule is Cc1cn(N=Cc2cccc(OC(C)(C)C)c2)c(N)n1. The Morgan fingerprint density at radius 1 is 1.35 bits per heavy atom. The van der Waals surface area contributed by atoms with Gasteiger partial charge in [-0.15, -0.1) is 0 Å². The normalized spacial score (nSPS) is 12.0. The van der Waals surface area contributed by atoms with Gasteiger partial charge in [0.15, 0.2) is 0 Å². The van der Waals surface area contributed by atoms with E-state index in [0.717, 1.165) is 17.0 Å². The average Bonchev–Trinajstić information content (AvgIpc) is 2.63. The molecule has 5 nitrogen and oxygen atoms in total. The van der Waals surface area contributed by atoms with Crippen LogP contribution < -0.4 is 10.5 Å². The Balaban J connectivity index is 2.17. The first-order chi connectivity index (χ1) is 9.33. The lowest BCUT2D eigenvalue weighted by molar-refractivity contribution is 0.131. The molecule has 0 unspecified atom stereocenters. The third kappa shape index (κ3) is 3.85. The molecule has 0 fully saturated rings. The third-order valence-corrected chi connectivity index (χ3v) is 2.45. The molecular weight excluding hydrogens is 252 g/mol. The van der Waals surface area contributed by atoms with Crippen molar-refractivity contribution in [1.29, 1.82) is 0 Å². The van der Waals surface area contributed by atoms with Crippen LogP contribution in [-0.2, 0) is 0 Å². The molecule has 2 aromatic rings. The highest BCUT2D eigenvalue weighted by atomic mass is 16.5. The fourth-order valence-electron chi connectivity index (χ4n) is 1.74. The Labute approximate surface area is 119 Å². The van der Waals surface area contributed by atoms with Crippen LogP contribution in [0.5, 0.6) is 5.75 Å². The molecule has 20 heavy (non-hydrogen) atoms. The van der Waals surface area contributed by atoms with Crippen LogP contribution in [0.15, 0.2) is 35.6 Å². The number of nitrogens with two attached hydrogens (primary N) is 1. The molecule has 2 N–H and O–H groups in total. The molecular formula is C15H20N4O. The number of nitrogens with zero attached hydrogens (tertiary/aromatic N) is 3. The second-order valence-electron chi connectivity index (χ2n) is 5.62. The second-order valence-corrected chi connectivity index (χ2v) is 5.62. The van der Waals surface area contributed by atoms with Gasteiger partial charge in [0.05, 0.1) is 18.1 Å². The highest BCUT2D eigenvalue weighted by Gasteiger charge is 2.11. The first kappa shape index (κ1) is 14.1. The van der Waals surface area contributed by atoms with Crippen molar-refractivity contribution in [2.45, 2.75) is 33.3 Å². The monoisotopic (exact) mass is 272 g/mol. The van der Waals surface area contributed by atoms with E-state index in [9.17, 15) is 0 Å². The zero-order valence-electron chi connectivity index (χ0n) is 12.3. The van der Waals surface area contributed by atoms with E-state index in [1.54, 1.807) is 17.1 Å². The van der Waals surface area contributed by atoms with E-state index in [2.05, 4.69) is 10.1 Å². The molecule has 0 aliphatic carbocycles. The van der Waals surface area contributed by atoms with Crippen molar-refractivity contribution in [3.8, 4) is 5.75 Å². The highest BCUT2D eigenvalue weighted by Crippen LogP contribution is 2.18. The van der Waals surface area contributed by atoms with E-state index in [1.807, 2.05) is 52.0 Å². The van der Waals surface area contributed by atoms with Crippen LogP contribution in [0.3, 0.4) is 0 Å². The van der Waals surface area contributed by atoms with E-state index in [4.69, 9.17) is 10.5 Å². The van der Waals surface area contributed by atoms with Crippen molar-refractivity contribution < 1.29 is 4.74 Å². The lowest BCUT2D eigenvalue weighted by atomic mass is 10.2. The maximum absolute atomic E-state index is 5.82. The standard InChI is InChI=1S/C15H20N4O/c1-11-10-19(14(16)18-11)17-9-12-6-5-7-13(8-12)20-15(2,3)4/h5-10H,1-4H3,(H2,16,18). The number of ether oxygens (including phenoxy) is 1. The molecule has 0 saturated heterocycles. The number of imidazole rings is 1. The van der Waals surface area contributed by atoms with Crippen molar-refractivity contribution in [1.82, 2.24) is 9.66 Å². The Hall–Kier alpha value is -2.30. The van der Waals surface area contributed by atoms with Gasteiger partial charge in [-0.1, -0.05) is 12.1 Å². The quantitative estimate of drug-likeness (QED) is 0.874. The summed E-state index contributed by atoms with van der Waals surface area (Å²) < 4.78 is 7.36. The molecule has 106 valence electrons. The largest absolute Gasteiger partial charge is 0.488 e. The highest BCUT2D eigenvalue weighted by molar-refractivity contribution is 5.80. The second kappa shape index (κ2) is 5.36. The fraction of sp³-hybridized carbons (Fsp3) is 0.333. The van der Waals surface area contributed by atoms with Gasteiger partial charge in [-0.05, 0) is 45.4 Å². The molecule has 5 heteroatoms. The van der Waals surface area contributed by atoms with Crippen molar-refractivity contribution in [2.24, 2.45) is 5.10 Å². The maximum Gasteiger partial charge on any atom is 0.221 e. The van der Waals surface area contributed by atoms with Gasteiger partial charge in [0, 0.05) is 0 Å². The molecule has 0 aliphatic heterocycles. The summed E-state index contributed by atoms with van der Waals surface area (Å²) in [6, 6.07) is 7.76. The molecule has 0 spiro atoms. The van der Waals surface area contributed by atoms with Crippen molar-refractivity contribution in [3.63, 3.8) is 0 Å². The lowest BCUT2D eigenvalue weighted by Crippen LogP contribution is -2.22. The number of benzene rings is 1. The van der Waals surface area contributed by atoms with Crippen molar-refractivity contribution >= 4 is 12.2 Å². The summed E-state index contributed by atoms with van der Waals surface area (Å²) >= 11 is 0. The number of hydrogen-bond donors (Lipinski definition) is 1. The van der Waals surface area contributed by atoms with Gasteiger partial charge in [0.25, 0.3) is 0 Å². The average molecular weight is 272 g/mol. The van der Waals surface area contributed by atoms with Gasteiger partial charge in [-0.25, -0.2) is 9.66 Å². The van der Waals surface area contributed by atoms with Gasteiger partial charge in [-0.3, -0.25) is 0 Å². The Morgan fingerprint density at radius 3 is 2.70 bits per heavy atom. The number of nitrogen functional groups attached to an aromatic ring is 1. The van der Waals surface area contributed by atoms with Crippen LogP contribution in [-0.4, -0.2) is 21.5 Å². The third-order valence-electron chi connectivity index (χ3n) is 2.45. The van der Waals surface area contributed by atoms with Crippen LogP contribution in [0.25, 0.3) is 0 Å². The van der Waals surface area contributed by atoms with E-state index in [-0.39, 0.29) is 5.60 Å². The molecule has 0 aliphatic rings. The Bertz CT molecular complexity index is 623. The van der Waals surface area contributed by atoms with Crippen LogP contribution in [0.4, 0.5) is 5.95 Å². The summed E-state index contributed by atoms with van der Waals surface area (Å²) in [6.07, 6.45) is 3.51. The Kier molecular flexibility index (Phi) is 3.79. The zero-order valence-corrected chi connectivity index (χ0v) is 12.3. The van der Waals surface area contributed by atoms with Gasteiger partial charge >= 0.3 is 0 Å². The number of aryl methyl sites for hydroxylation is 1. The predicted molar refractivity (Wildman–Crippen MR) is 81.2 cm³/mol. The van der Waals surface area contributed by atoms with Crippen molar-refractivity contribution in [3.05, 3.63) is 41.7 Å². The smallest absolute Gasteiger partial charge is 0.221 e. The van der Waals surface area contributed by atoms with Crippen LogP contribution in [0.2, 0.25) is 0 Å². The summed E-state index contributed by atoms with van der Waals surface area (Å²) in [5.41, 5.74) is 7.29. The molecule has 1 heterocycles. The first-order valence-electron chi connectivity index (χ1n) is 6.48. The molecule has 0 radical (unpaired) electrons. The molecule has 2 rings (SSSR count). The predicted octanol–water partition coefficient (Wildman–Crippen LogP) is 2.83. The van der Waals surface area contributed by atoms with E-state index in [0.29, 0.717) is 5.95 Å². The molecule has 0 atom stereocenters. The summed E-state index contributed by atoms with van der Waals surface area (Å²) in [7, 11) is 0. The van der Waals surface area contributed by atoms with E-state index in [1.165, 1.54) is 0 Å². The van der Waals surface area contributed by atoms with Gasteiger partial charge in [0.2, 0.25) is 5.95 Å². The van der Waals surface area contributed by atoms with Gasteiger partial charge < -0.3 is 10.5 Å². The number of hydrogen-bond acceptors (Lipinski definition) is 4. The number of anilines is 1. The molecule has 0 saturated carbocycles. The summed E-state index contributed by atoms with van der Waals surface area (Å²) in [4.78, 5) is 4.09. The molecule has 0 bridgehead atoms. The van der Waals surface area contributed by atoms with E-state index < -0.39 is 0 Å². The van der Waals surface area contributed by atoms with Gasteiger partial charge in [-0.2, -0.15) is 5.10 Å². The number of aromatic nitrogens is 2. The van der Waals surface area contributed by atoms with Crippen LogP contribution in [0.1, 0.15) is 32.0 Å². The lowest BCUT2D eigenvalue weighted by Gasteiger charge is -2.21. The Morgan fingerprint density at radius 2 is 2.10 bits per heavy atom. The fourth-order valence-corrected chi connectivity index (χ4v) is 1.74. The summed E-state index contributed by atoms with van der Waals surface area (Å²) in [6.45, 7) is 7.92. The molecule has 1 aromatic heterocycles. The number of rotatable bonds is 3. The molecule has 0 amide bonds. The first-order valence-corrected chi connectivity index (χ1v) is 6.48. The van der Waals surface area contributed by atoms with Crippen LogP contribution >= 0.6 is 0 Å². The molecule has 1 aromatic carbocycles. The minimum absolute atomic E-state index is 0.221. The van der Waals surface area contributed by atoms with Crippen LogP contribution in [0, 0.1) is 6.92 Å². The summed E-state index contributed by atoms with van der Waals surface area (Å²) in [5.74, 6) is 1.19. The van der Waals surface area contributed by atoms with Gasteiger partial charge in [0.1, 0.15) is 11.4 Å². The zero-order chi connectivity index (χ0) is 14.8. The maximum atomic E-state index is 5.82.